The van der Waals surface area contributed by atoms with Gasteiger partial charge in [0.05, 0.1) is 9.79 Å². The number of sulfonamides is 2. The zero-order valence-electron chi connectivity index (χ0n) is 15.1. The summed E-state index contributed by atoms with van der Waals surface area (Å²) >= 11 is 0. The molecule has 0 unspecified atom stereocenters. The lowest BCUT2D eigenvalue weighted by molar-refractivity contribution is 0.273. The topological polar surface area (TPSA) is 74.8 Å². The summed E-state index contributed by atoms with van der Waals surface area (Å²) < 4.78 is 54.2. The molecule has 4 rings (SSSR count). The summed E-state index contributed by atoms with van der Waals surface area (Å²) in [7, 11) is -7.29. The molecule has 28 heavy (non-hydrogen) atoms. The van der Waals surface area contributed by atoms with Crippen molar-refractivity contribution in [3.05, 3.63) is 72.8 Å². The molecule has 0 aliphatic carbocycles. The van der Waals surface area contributed by atoms with E-state index in [1.807, 2.05) is 24.3 Å². The lowest BCUT2D eigenvalue weighted by atomic mass is 10.1. The van der Waals surface area contributed by atoms with Crippen LogP contribution in [0.1, 0.15) is 0 Å². The number of nitrogens with zero attached hydrogens (tertiary/aromatic N) is 2. The maximum absolute atomic E-state index is 13.0. The fourth-order valence-corrected chi connectivity index (χ4v) is 6.27. The average molecular weight is 417 g/mol. The quantitative estimate of drug-likeness (QED) is 0.655. The van der Waals surface area contributed by atoms with Gasteiger partial charge in [0, 0.05) is 26.2 Å². The molecule has 1 heterocycles. The van der Waals surface area contributed by atoms with Crippen LogP contribution in [0.5, 0.6) is 0 Å². The van der Waals surface area contributed by atoms with E-state index in [1.165, 1.54) is 8.61 Å². The summed E-state index contributed by atoms with van der Waals surface area (Å²) in [5.41, 5.74) is 0. The molecule has 8 heteroatoms. The van der Waals surface area contributed by atoms with Crippen molar-refractivity contribution in [2.24, 2.45) is 0 Å². The number of hydrogen-bond donors (Lipinski definition) is 0. The highest BCUT2D eigenvalue weighted by Crippen LogP contribution is 2.24. The summed E-state index contributed by atoms with van der Waals surface area (Å²) in [5, 5.41) is 1.83. The van der Waals surface area contributed by atoms with Gasteiger partial charge in [0.2, 0.25) is 20.0 Å². The molecule has 6 nitrogen and oxygen atoms in total. The van der Waals surface area contributed by atoms with Gasteiger partial charge < -0.3 is 0 Å². The third kappa shape index (κ3) is 3.44. The summed E-state index contributed by atoms with van der Waals surface area (Å²) in [6, 6.07) is 20.8. The second-order valence-electron chi connectivity index (χ2n) is 6.63. The summed E-state index contributed by atoms with van der Waals surface area (Å²) in [6.07, 6.45) is 0. The van der Waals surface area contributed by atoms with Crippen LogP contribution in [0, 0.1) is 0 Å². The first-order valence-corrected chi connectivity index (χ1v) is 11.8. The number of rotatable bonds is 4. The second-order valence-corrected chi connectivity index (χ2v) is 10.5. The first-order chi connectivity index (χ1) is 13.4. The summed E-state index contributed by atoms with van der Waals surface area (Å²) in [5.74, 6) is 0. The van der Waals surface area contributed by atoms with Gasteiger partial charge in [-0.3, -0.25) is 0 Å². The minimum absolute atomic E-state index is 0.126. The molecule has 3 aromatic carbocycles. The maximum Gasteiger partial charge on any atom is 0.243 e. The van der Waals surface area contributed by atoms with Crippen molar-refractivity contribution in [3.63, 3.8) is 0 Å². The predicted molar refractivity (Wildman–Crippen MR) is 108 cm³/mol. The Hall–Kier alpha value is -2.26. The Balaban J connectivity index is 1.54. The third-order valence-electron chi connectivity index (χ3n) is 4.94. The van der Waals surface area contributed by atoms with Gasteiger partial charge in [-0.15, -0.1) is 0 Å². The minimum Gasteiger partial charge on any atom is -0.207 e. The Kier molecular flexibility index (Phi) is 4.96. The number of benzene rings is 3. The molecule has 3 aromatic rings. The minimum atomic E-state index is -3.68. The monoisotopic (exact) mass is 416 g/mol. The SMILES string of the molecule is O=S(=O)(c1ccccc1)N1CCN(S(=O)(=O)c2ccc3ccccc3c2)CC1. The summed E-state index contributed by atoms with van der Waals surface area (Å²) in [4.78, 5) is 0.450. The Morgan fingerprint density at radius 2 is 1.04 bits per heavy atom. The molecule has 1 fully saturated rings. The molecular formula is C20H20N2O4S2. The van der Waals surface area contributed by atoms with Gasteiger partial charge in [-0.2, -0.15) is 8.61 Å². The van der Waals surface area contributed by atoms with Gasteiger partial charge in [-0.1, -0.05) is 48.5 Å². The highest BCUT2D eigenvalue weighted by atomic mass is 32.2. The van der Waals surface area contributed by atoms with Crippen LogP contribution >= 0.6 is 0 Å². The van der Waals surface area contributed by atoms with Crippen LogP contribution in [0.15, 0.2) is 82.6 Å². The highest BCUT2D eigenvalue weighted by molar-refractivity contribution is 7.89. The van der Waals surface area contributed by atoms with E-state index < -0.39 is 20.0 Å². The Labute approximate surface area is 165 Å². The van der Waals surface area contributed by atoms with E-state index in [9.17, 15) is 16.8 Å². The highest BCUT2D eigenvalue weighted by Gasteiger charge is 2.33. The Morgan fingerprint density at radius 1 is 0.536 bits per heavy atom. The maximum atomic E-state index is 13.0. The lowest BCUT2D eigenvalue weighted by Crippen LogP contribution is -2.50. The largest absolute Gasteiger partial charge is 0.243 e. The third-order valence-corrected chi connectivity index (χ3v) is 8.74. The van der Waals surface area contributed by atoms with Crippen molar-refractivity contribution in [2.75, 3.05) is 26.2 Å². The van der Waals surface area contributed by atoms with E-state index in [-0.39, 0.29) is 36.0 Å². The van der Waals surface area contributed by atoms with Crippen molar-refractivity contribution >= 4 is 30.8 Å². The van der Waals surface area contributed by atoms with Gasteiger partial charge in [0.1, 0.15) is 0 Å². The molecule has 1 aliphatic rings. The number of piperazine rings is 1. The van der Waals surface area contributed by atoms with Crippen LogP contribution in [-0.4, -0.2) is 51.6 Å². The van der Waals surface area contributed by atoms with Gasteiger partial charge in [0.25, 0.3) is 0 Å². The van der Waals surface area contributed by atoms with Crippen LogP contribution in [0.25, 0.3) is 10.8 Å². The van der Waals surface area contributed by atoms with Crippen LogP contribution < -0.4 is 0 Å². The van der Waals surface area contributed by atoms with Gasteiger partial charge in [-0.05, 0) is 35.0 Å². The van der Waals surface area contributed by atoms with Crippen LogP contribution in [0.2, 0.25) is 0 Å². The standard InChI is InChI=1S/C20H20N2O4S2/c23-27(24,19-8-2-1-3-9-19)21-12-14-22(15-13-21)28(25,26)20-11-10-17-6-4-5-7-18(17)16-20/h1-11,16H,12-15H2. The zero-order valence-corrected chi connectivity index (χ0v) is 16.7. The molecule has 0 amide bonds. The molecule has 0 saturated carbocycles. The smallest absolute Gasteiger partial charge is 0.207 e. The molecule has 1 aliphatic heterocycles. The molecule has 0 spiro atoms. The Morgan fingerprint density at radius 3 is 1.64 bits per heavy atom. The lowest BCUT2D eigenvalue weighted by Gasteiger charge is -2.33. The molecule has 0 bridgehead atoms. The summed E-state index contributed by atoms with van der Waals surface area (Å²) in [6.45, 7) is 0.510. The van der Waals surface area contributed by atoms with E-state index >= 15 is 0 Å². The van der Waals surface area contributed by atoms with E-state index in [2.05, 4.69) is 0 Å². The normalized spacial score (nSPS) is 17.0. The molecule has 1 saturated heterocycles. The van der Waals surface area contributed by atoms with Crippen molar-refractivity contribution in [3.8, 4) is 0 Å². The average Bonchev–Trinajstić information content (AvgIpc) is 2.74. The van der Waals surface area contributed by atoms with Crippen molar-refractivity contribution in [1.29, 1.82) is 0 Å². The first-order valence-electron chi connectivity index (χ1n) is 8.93. The molecule has 0 N–H and O–H groups in total. The van der Waals surface area contributed by atoms with Gasteiger partial charge >= 0.3 is 0 Å². The van der Waals surface area contributed by atoms with E-state index in [0.29, 0.717) is 0 Å². The molecular weight excluding hydrogens is 396 g/mol. The molecule has 0 radical (unpaired) electrons. The van der Waals surface area contributed by atoms with E-state index in [1.54, 1.807) is 48.5 Å². The fraction of sp³-hybridized carbons (Fsp3) is 0.200. The van der Waals surface area contributed by atoms with Crippen molar-refractivity contribution < 1.29 is 16.8 Å². The van der Waals surface area contributed by atoms with Crippen molar-refractivity contribution in [2.45, 2.75) is 9.79 Å². The fourth-order valence-electron chi connectivity index (χ4n) is 3.37. The molecule has 0 aromatic heterocycles. The van der Waals surface area contributed by atoms with Crippen molar-refractivity contribution in [1.82, 2.24) is 8.61 Å². The van der Waals surface area contributed by atoms with Gasteiger partial charge in [-0.25, -0.2) is 16.8 Å². The predicted octanol–water partition coefficient (Wildman–Crippen LogP) is 2.54. The molecule has 146 valence electrons. The van der Waals surface area contributed by atoms with Gasteiger partial charge in [0.15, 0.2) is 0 Å². The van der Waals surface area contributed by atoms with Crippen LogP contribution in [-0.2, 0) is 20.0 Å². The zero-order chi connectivity index (χ0) is 19.8. The van der Waals surface area contributed by atoms with E-state index in [4.69, 9.17) is 0 Å². The second kappa shape index (κ2) is 7.29. The number of fused-ring (bicyclic) bond motifs is 1. The molecule has 0 atom stereocenters. The van der Waals surface area contributed by atoms with Crippen LogP contribution in [0.3, 0.4) is 0 Å². The van der Waals surface area contributed by atoms with Crippen LogP contribution in [0.4, 0.5) is 0 Å². The first kappa shape index (κ1) is 19.1. The van der Waals surface area contributed by atoms with E-state index in [0.717, 1.165) is 10.8 Å². The Bertz CT molecular complexity index is 1200. The number of hydrogen-bond acceptors (Lipinski definition) is 4.